The first kappa shape index (κ1) is 22.1. The summed E-state index contributed by atoms with van der Waals surface area (Å²) >= 11 is 13.3. The molecule has 11 heteroatoms. The lowest BCUT2D eigenvalue weighted by molar-refractivity contribution is -0.384. The van der Waals surface area contributed by atoms with Gasteiger partial charge in [-0.15, -0.1) is 10.2 Å². The van der Waals surface area contributed by atoms with Crippen molar-refractivity contribution >= 4 is 46.6 Å². The van der Waals surface area contributed by atoms with Gasteiger partial charge in [0.25, 0.3) is 11.6 Å². The van der Waals surface area contributed by atoms with Gasteiger partial charge in [-0.1, -0.05) is 47.1 Å². The number of aromatic nitrogens is 3. The van der Waals surface area contributed by atoms with E-state index in [1.807, 2.05) is 11.5 Å². The van der Waals surface area contributed by atoms with E-state index < -0.39 is 4.92 Å². The smallest absolute Gasteiger partial charge is 0.269 e. The van der Waals surface area contributed by atoms with Gasteiger partial charge >= 0.3 is 0 Å². The van der Waals surface area contributed by atoms with Crippen LogP contribution in [-0.2, 0) is 18.8 Å². The molecular weight excluding hydrogens is 449 g/mol. The van der Waals surface area contributed by atoms with Gasteiger partial charge in [0.1, 0.15) is 0 Å². The molecule has 0 bridgehead atoms. The number of rotatable bonds is 8. The molecule has 3 rings (SSSR count). The average Bonchev–Trinajstić information content (AvgIpc) is 3.14. The molecule has 0 spiro atoms. The highest BCUT2D eigenvalue weighted by Crippen LogP contribution is 2.24. The highest BCUT2D eigenvalue weighted by molar-refractivity contribution is 7.98. The highest BCUT2D eigenvalue weighted by Gasteiger charge is 2.14. The first-order valence-electron chi connectivity index (χ1n) is 8.90. The summed E-state index contributed by atoms with van der Waals surface area (Å²) in [6.07, 6.45) is 0. The number of amides is 1. The van der Waals surface area contributed by atoms with Crippen molar-refractivity contribution in [3.8, 4) is 0 Å². The molecule has 0 aliphatic rings. The zero-order chi connectivity index (χ0) is 21.7. The fourth-order valence-electron chi connectivity index (χ4n) is 2.63. The predicted molar refractivity (Wildman–Crippen MR) is 116 cm³/mol. The van der Waals surface area contributed by atoms with E-state index >= 15 is 0 Å². The van der Waals surface area contributed by atoms with Gasteiger partial charge in [0.15, 0.2) is 11.0 Å². The van der Waals surface area contributed by atoms with E-state index in [-0.39, 0.29) is 18.1 Å². The number of thioether (sulfide) groups is 1. The summed E-state index contributed by atoms with van der Waals surface area (Å²) in [5, 5.41) is 23.3. The van der Waals surface area contributed by atoms with E-state index in [9.17, 15) is 14.9 Å². The molecule has 0 saturated carbocycles. The molecule has 0 aliphatic heterocycles. The van der Waals surface area contributed by atoms with Crippen LogP contribution in [0.5, 0.6) is 0 Å². The van der Waals surface area contributed by atoms with Crippen LogP contribution in [0.15, 0.2) is 47.6 Å². The molecule has 0 radical (unpaired) electrons. The number of non-ortho nitro benzene ring substituents is 1. The molecule has 8 nitrogen and oxygen atoms in total. The van der Waals surface area contributed by atoms with Gasteiger partial charge in [-0.2, -0.15) is 0 Å². The molecule has 156 valence electrons. The zero-order valence-electron chi connectivity index (χ0n) is 15.8. The molecule has 0 fully saturated rings. The number of nitro benzene ring substituents is 1. The van der Waals surface area contributed by atoms with Crippen LogP contribution in [0.1, 0.15) is 28.7 Å². The third kappa shape index (κ3) is 5.29. The van der Waals surface area contributed by atoms with Crippen LogP contribution in [0.3, 0.4) is 0 Å². The van der Waals surface area contributed by atoms with Crippen LogP contribution >= 0.6 is 35.0 Å². The molecular formula is C19H17Cl2N5O3S. The molecule has 0 aliphatic carbocycles. The zero-order valence-corrected chi connectivity index (χ0v) is 18.2. The second-order valence-electron chi connectivity index (χ2n) is 6.17. The largest absolute Gasteiger partial charge is 0.345 e. The van der Waals surface area contributed by atoms with Crippen molar-refractivity contribution < 1.29 is 9.72 Å². The standard InChI is InChI=1S/C19H17Cl2N5O3S/c1-2-25-17(10-22-18(27)13-5-8-15(20)16(21)9-13)23-24-19(25)30-11-12-3-6-14(7-4-12)26(28)29/h3-9H,2,10-11H2,1H3,(H,22,27). The molecule has 0 unspecified atom stereocenters. The normalized spacial score (nSPS) is 10.8. The summed E-state index contributed by atoms with van der Waals surface area (Å²) in [6.45, 7) is 2.80. The first-order valence-corrected chi connectivity index (χ1v) is 10.6. The van der Waals surface area contributed by atoms with Gasteiger partial charge in [-0.05, 0) is 30.7 Å². The van der Waals surface area contributed by atoms with Crippen molar-refractivity contribution in [1.29, 1.82) is 0 Å². The van der Waals surface area contributed by atoms with E-state index in [0.29, 0.717) is 38.9 Å². The summed E-state index contributed by atoms with van der Waals surface area (Å²) in [6, 6.07) is 11.1. The van der Waals surface area contributed by atoms with Gasteiger partial charge < -0.3 is 9.88 Å². The molecule has 2 aromatic carbocycles. The number of carbonyl (C=O) groups is 1. The Bertz CT molecular complexity index is 1070. The summed E-state index contributed by atoms with van der Waals surface area (Å²) < 4.78 is 1.91. The molecule has 3 aromatic rings. The van der Waals surface area contributed by atoms with Gasteiger partial charge in [0.05, 0.1) is 21.5 Å². The monoisotopic (exact) mass is 465 g/mol. The molecule has 30 heavy (non-hydrogen) atoms. The Kier molecular flexibility index (Phi) is 7.30. The van der Waals surface area contributed by atoms with Crippen molar-refractivity contribution in [2.45, 2.75) is 30.9 Å². The number of carbonyl (C=O) groups excluding carboxylic acids is 1. The number of nitrogens with zero attached hydrogens (tertiary/aromatic N) is 4. The highest BCUT2D eigenvalue weighted by atomic mass is 35.5. The fourth-order valence-corrected chi connectivity index (χ4v) is 3.91. The van der Waals surface area contributed by atoms with E-state index in [1.165, 1.54) is 30.0 Å². The minimum absolute atomic E-state index is 0.0560. The number of halogens is 2. The summed E-state index contributed by atoms with van der Waals surface area (Å²) in [4.78, 5) is 22.7. The SMILES string of the molecule is CCn1c(CNC(=O)c2ccc(Cl)c(Cl)c2)nnc1SCc1ccc([N+](=O)[O-])cc1. The minimum atomic E-state index is -0.427. The molecule has 1 heterocycles. The van der Waals surface area contributed by atoms with Crippen LogP contribution < -0.4 is 5.32 Å². The van der Waals surface area contributed by atoms with Crippen molar-refractivity contribution in [1.82, 2.24) is 20.1 Å². The summed E-state index contributed by atoms with van der Waals surface area (Å²) in [5.74, 6) is 0.919. The molecule has 1 amide bonds. The predicted octanol–water partition coefficient (Wildman–Crippen LogP) is 4.74. The third-order valence-electron chi connectivity index (χ3n) is 4.21. The average molecular weight is 466 g/mol. The van der Waals surface area contributed by atoms with E-state index in [4.69, 9.17) is 23.2 Å². The topological polar surface area (TPSA) is 103 Å². The van der Waals surface area contributed by atoms with Crippen LogP contribution in [0, 0.1) is 10.1 Å². The second kappa shape index (κ2) is 9.92. The molecule has 1 N–H and O–H groups in total. The maximum Gasteiger partial charge on any atom is 0.269 e. The number of hydrogen-bond donors (Lipinski definition) is 1. The Morgan fingerprint density at radius 1 is 1.17 bits per heavy atom. The van der Waals surface area contributed by atoms with Gasteiger partial charge in [0.2, 0.25) is 0 Å². The molecule has 1 aromatic heterocycles. The number of nitro groups is 1. The van der Waals surface area contributed by atoms with Crippen molar-refractivity contribution in [3.05, 3.63) is 79.6 Å². The van der Waals surface area contributed by atoms with Crippen LogP contribution in [0.4, 0.5) is 5.69 Å². The van der Waals surface area contributed by atoms with Gasteiger partial charge in [0, 0.05) is 30.0 Å². The lowest BCUT2D eigenvalue weighted by atomic mass is 10.2. The van der Waals surface area contributed by atoms with Crippen molar-refractivity contribution in [3.63, 3.8) is 0 Å². The fraction of sp³-hybridized carbons (Fsp3) is 0.211. The van der Waals surface area contributed by atoms with Crippen LogP contribution in [-0.4, -0.2) is 25.6 Å². The Labute approximate surface area is 186 Å². The van der Waals surface area contributed by atoms with Crippen molar-refractivity contribution in [2.24, 2.45) is 0 Å². The third-order valence-corrected chi connectivity index (χ3v) is 5.99. The summed E-state index contributed by atoms with van der Waals surface area (Å²) in [5.41, 5.74) is 1.39. The molecule has 0 saturated heterocycles. The maximum absolute atomic E-state index is 12.4. The lowest BCUT2D eigenvalue weighted by Crippen LogP contribution is -2.24. The van der Waals surface area contributed by atoms with Crippen LogP contribution in [0.2, 0.25) is 10.0 Å². The number of benzene rings is 2. The molecule has 0 atom stereocenters. The number of nitrogens with one attached hydrogen (secondary N) is 1. The quantitative estimate of drug-likeness (QED) is 0.292. The Hall–Kier alpha value is -2.62. The Balaban J connectivity index is 1.62. The second-order valence-corrected chi connectivity index (χ2v) is 7.92. The summed E-state index contributed by atoms with van der Waals surface area (Å²) in [7, 11) is 0. The Morgan fingerprint density at radius 3 is 2.53 bits per heavy atom. The Morgan fingerprint density at radius 2 is 1.90 bits per heavy atom. The number of hydrogen-bond acceptors (Lipinski definition) is 6. The van der Waals surface area contributed by atoms with E-state index in [0.717, 1.165) is 5.56 Å². The van der Waals surface area contributed by atoms with Crippen molar-refractivity contribution in [2.75, 3.05) is 0 Å². The lowest BCUT2D eigenvalue weighted by Gasteiger charge is -2.09. The van der Waals surface area contributed by atoms with E-state index in [1.54, 1.807) is 24.3 Å². The van der Waals surface area contributed by atoms with Gasteiger partial charge in [-0.25, -0.2) is 0 Å². The first-order chi connectivity index (χ1) is 14.4. The van der Waals surface area contributed by atoms with E-state index in [2.05, 4.69) is 15.5 Å². The van der Waals surface area contributed by atoms with Gasteiger partial charge in [-0.3, -0.25) is 14.9 Å². The minimum Gasteiger partial charge on any atom is -0.345 e. The maximum atomic E-state index is 12.4. The van der Waals surface area contributed by atoms with Crippen LogP contribution in [0.25, 0.3) is 0 Å².